The third-order valence-electron chi connectivity index (χ3n) is 7.28. The zero-order chi connectivity index (χ0) is 20.9. The number of pyridine rings is 2. The van der Waals surface area contributed by atoms with Crippen LogP contribution < -0.4 is 5.56 Å². The number of aryl methyl sites for hydroxylation is 1. The SMILES string of the molecule is Cc1c(F)cc2nc3c(c4c2c1CCC4C)Cn1c-3cc2c(c1=O)CCC(=O)C2O. The molecule has 1 N–H and O–H groups in total. The second-order valence-electron chi connectivity index (χ2n) is 8.87. The number of ketones is 1. The number of fused-ring (bicyclic) bond motifs is 5. The van der Waals surface area contributed by atoms with Gasteiger partial charge in [-0.25, -0.2) is 9.37 Å². The highest BCUT2D eigenvalue weighted by Gasteiger charge is 2.35. The van der Waals surface area contributed by atoms with Crippen LogP contribution in [0.5, 0.6) is 0 Å². The lowest BCUT2D eigenvalue weighted by atomic mass is 9.79. The van der Waals surface area contributed by atoms with E-state index >= 15 is 0 Å². The van der Waals surface area contributed by atoms with Gasteiger partial charge in [-0.3, -0.25) is 9.59 Å². The molecule has 1 aliphatic heterocycles. The van der Waals surface area contributed by atoms with Crippen LogP contribution in [-0.2, 0) is 24.2 Å². The van der Waals surface area contributed by atoms with Crippen LogP contribution in [0.2, 0.25) is 0 Å². The number of Topliss-reactive ketones (excluding diaryl/α,β-unsaturated/α-hetero) is 1. The Hall–Kier alpha value is -2.86. The summed E-state index contributed by atoms with van der Waals surface area (Å²) in [6.07, 6.45) is 1.03. The second kappa shape index (κ2) is 5.85. The van der Waals surface area contributed by atoms with Crippen molar-refractivity contribution in [3.63, 3.8) is 0 Å². The molecule has 5 nitrogen and oxygen atoms in total. The van der Waals surface area contributed by atoms with E-state index in [-0.39, 0.29) is 29.5 Å². The van der Waals surface area contributed by atoms with Crippen molar-refractivity contribution < 1.29 is 14.3 Å². The van der Waals surface area contributed by atoms with E-state index in [0.29, 0.717) is 46.6 Å². The van der Waals surface area contributed by atoms with E-state index < -0.39 is 6.10 Å². The summed E-state index contributed by atoms with van der Waals surface area (Å²) in [5.41, 5.74) is 6.55. The lowest BCUT2D eigenvalue weighted by Crippen LogP contribution is -2.31. The van der Waals surface area contributed by atoms with Crippen LogP contribution in [0, 0.1) is 12.7 Å². The highest BCUT2D eigenvalue weighted by molar-refractivity contribution is 5.93. The number of halogens is 1. The molecule has 2 atom stereocenters. The fourth-order valence-electron chi connectivity index (χ4n) is 5.65. The number of aliphatic hydroxyl groups excluding tert-OH is 1. The molecule has 6 rings (SSSR count). The van der Waals surface area contributed by atoms with Crippen molar-refractivity contribution in [2.75, 3.05) is 0 Å². The number of hydrogen-bond acceptors (Lipinski definition) is 4. The van der Waals surface area contributed by atoms with Gasteiger partial charge in [-0.2, -0.15) is 0 Å². The molecule has 0 bridgehead atoms. The number of nitrogens with zero attached hydrogens (tertiary/aromatic N) is 2. The monoisotopic (exact) mass is 404 g/mol. The summed E-state index contributed by atoms with van der Waals surface area (Å²) < 4.78 is 16.3. The highest BCUT2D eigenvalue weighted by atomic mass is 19.1. The van der Waals surface area contributed by atoms with Crippen molar-refractivity contribution in [3.05, 3.63) is 61.7 Å². The van der Waals surface area contributed by atoms with Gasteiger partial charge in [0.25, 0.3) is 5.56 Å². The topological polar surface area (TPSA) is 72.2 Å². The van der Waals surface area contributed by atoms with Crippen LogP contribution in [0.1, 0.15) is 65.2 Å². The number of carbonyl (C=O) groups excluding carboxylic acids is 1. The predicted octanol–water partition coefficient (Wildman–Crippen LogP) is 3.47. The molecule has 2 aliphatic carbocycles. The van der Waals surface area contributed by atoms with Crippen molar-refractivity contribution >= 4 is 16.7 Å². The lowest BCUT2D eigenvalue weighted by Gasteiger charge is -2.26. The van der Waals surface area contributed by atoms with Gasteiger partial charge in [0, 0.05) is 29.0 Å². The van der Waals surface area contributed by atoms with Gasteiger partial charge < -0.3 is 9.67 Å². The van der Waals surface area contributed by atoms with E-state index in [2.05, 4.69) is 6.92 Å². The largest absolute Gasteiger partial charge is 0.381 e. The number of rotatable bonds is 0. The average Bonchev–Trinajstić information content (AvgIpc) is 3.09. The molecule has 0 spiro atoms. The Morgan fingerprint density at radius 3 is 2.73 bits per heavy atom. The van der Waals surface area contributed by atoms with Gasteiger partial charge in [0.1, 0.15) is 11.9 Å². The standard InChI is InChI=1S/C24H21FN2O3/c1-10-3-4-12-11(2)16(25)8-17-21(12)20(10)15-9-27-18(22(15)26-17)7-14-13(24(27)30)5-6-19(28)23(14)29/h7-8,10,23,29H,3-6,9H2,1-2H3. The first-order valence-electron chi connectivity index (χ1n) is 10.5. The molecule has 2 unspecified atom stereocenters. The molecule has 0 fully saturated rings. The Morgan fingerprint density at radius 1 is 1.13 bits per heavy atom. The van der Waals surface area contributed by atoms with Gasteiger partial charge in [0.05, 0.1) is 23.4 Å². The summed E-state index contributed by atoms with van der Waals surface area (Å²) >= 11 is 0. The number of hydrogen-bond donors (Lipinski definition) is 1. The van der Waals surface area contributed by atoms with Crippen LogP contribution in [0.4, 0.5) is 4.39 Å². The third-order valence-corrected chi connectivity index (χ3v) is 7.28. The molecule has 3 aliphatic rings. The van der Waals surface area contributed by atoms with Crippen molar-refractivity contribution in [2.45, 2.75) is 58.1 Å². The number of aliphatic hydroxyl groups is 1. The van der Waals surface area contributed by atoms with E-state index in [9.17, 15) is 19.1 Å². The van der Waals surface area contributed by atoms with Crippen molar-refractivity contribution in [1.29, 1.82) is 0 Å². The summed E-state index contributed by atoms with van der Waals surface area (Å²) in [4.78, 5) is 30.1. The molecule has 3 heterocycles. The molecule has 6 heteroatoms. The van der Waals surface area contributed by atoms with Gasteiger partial charge in [-0.15, -0.1) is 0 Å². The van der Waals surface area contributed by atoms with E-state index in [1.807, 2.05) is 6.92 Å². The smallest absolute Gasteiger partial charge is 0.254 e. The minimum Gasteiger partial charge on any atom is -0.381 e. The second-order valence-corrected chi connectivity index (χ2v) is 8.87. The summed E-state index contributed by atoms with van der Waals surface area (Å²) in [6, 6.07) is 3.24. The highest BCUT2D eigenvalue weighted by Crippen LogP contribution is 2.45. The van der Waals surface area contributed by atoms with Crippen LogP contribution in [0.3, 0.4) is 0 Å². The minimum absolute atomic E-state index is 0.158. The minimum atomic E-state index is -1.26. The number of aromatic nitrogens is 2. The normalized spacial score (nSPS) is 21.5. The molecule has 0 saturated heterocycles. The van der Waals surface area contributed by atoms with E-state index in [4.69, 9.17) is 4.98 Å². The summed E-state index contributed by atoms with van der Waals surface area (Å²) in [5, 5.41) is 11.4. The molecule has 1 aromatic carbocycles. The predicted molar refractivity (Wildman–Crippen MR) is 110 cm³/mol. The van der Waals surface area contributed by atoms with Crippen LogP contribution in [0.25, 0.3) is 22.3 Å². The third kappa shape index (κ3) is 2.12. The van der Waals surface area contributed by atoms with Crippen LogP contribution in [-0.4, -0.2) is 20.4 Å². The molecule has 2 aromatic heterocycles. The number of benzene rings is 1. The molecule has 0 saturated carbocycles. The molecule has 3 aromatic rings. The van der Waals surface area contributed by atoms with Gasteiger partial charge in [0.15, 0.2) is 5.78 Å². The number of carbonyl (C=O) groups is 1. The Bertz CT molecular complexity index is 1370. The van der Waals surface area contributed by atoms with E-state index in [1.165, 1.54) is 6.07 Å². The Kier molecular flexibility index (Phi) is 3.50. The van der Waals surface area contributed by atoms with Crippen molar-refractivity contribution in [2.24, 2.45) is 0 Å². The zero-order valence-corrected chi connectivity index (χ0v) is 16.9. The fraction of sp³-hybridized carbons (Fsp3) is 0.375. The fourth-order valence-corrected chi connectivity index (χ4v) is 5.65. The van der Waals surface area contributed by atoms with Gasteiger partial charge in [-0.1, -0.05) is 6.92 Å². The summed E-state index contributed by atoms with van der Waals surface area (Å²) in [7, 11) is 0. The average molecular weight is 404 g/mol. The van der Waals surface area contributed by atoms with Crippen molar-refractivity contribution in [3.8, 4) is 11.4 Å². The first-order chi connectivity index (χ1) is 14.4. The Balaban J connectivity index is 1.70. The zero-order valence-electron chi connectivity index (χ0n) is 16.9. The molecular weight excluding hydrogens is 383 g/mol. The van der Waals surface area contributed by atoms with Gasteiger partial charge in [-0.05, 0) is 60.4 Å². The Morgan fingerprint density at radius 2 is 1.93 bits per heavy atom. The van der Waals surface area contributed by atoms with Gasteiger partial charge >= 0.3 is 0 Å². The maximum absolute atomic E-state index is 14.6. The van der Waals surface area contributed by atoms with E-state index in [0.717, 1.165) is 34.9 Å². The molecule has 0 radical (unpaired) electrons. The van der Waals surface area contributed by atoms with Gasteiger partial charge in [0.2, 0.25) is 0 Å². The maximum Gasteiger partial charge on any atom is 0.254 e. The molecular formula is C24H21FN2O3. The first-order valence-corrected chi connectivity index (χ1v) is 10.5. The van der Waals surface area contributed by atoms with Crippen LogP contribution in [0.15, 0.2) is 16.9 Å². The van der Waals surface area contributed by atoms with Crippen LogP contribution >= 0.6 is 0 Å². The Labute approximate surface area is 172 Å². The lowest BCUT2D eigenvalue weighted by molar-refractivity contribution is -0.128. The quantitative estimate of drug-likeness (QED) is 0.487. The van der Waals surface area contributed by atoms with Crippen molar-refractivity contribution in [1.82, 2.24) is 9.55 Å². The summed E-state index contributed by atoms with van der Waals surface area (Å²) in [5.74, 6) is -0.233. The first kappa shape index (κ1) is 18.0. The molecule has 152 valence electrons. The maximum atomic E-state index is 14.6. The molecule has 0 amide bonds. The molecule has 30 heavy (non-hydrogen) atoms. The summed E-state index contributed by atoms with van der Waals surface area (Å²) in [6.45, 7) is 4.43. The van der Waals surface area contributed by atoms with E-state index in [1.54, 1.807) is 10.6 Å².